The topological polar surface area (TPSA) is 29.1 Å². The quantitative estimate of drug-likeness (QED) is 0.462. The lowest BCUT2D eigenvalue weighted by Gasteiger charge is -2.61. The van der Waals surface area contributed by atoms with Gasteiger partial charge in [-0.3, -0.25) is 4.79 Å². The molecule has 4 rings (SSSR count). The molecule has 0 aromatic heterocycles. The van der Waals surface area contributed by atoms with Crippen molar-refractivity contribution < 1.29 is 4.79 Å². The van der Waals surface area contributed by atoms with Crippen LogP contribution in [0.1, 0.15) is 119 Å². The average molecular weight is 430 g/mol. The molecule has 4 aliphatic carbocycles. The van der Waals surface area contributed by atoms with Crippen molar-refractivity contribution in [2.24, 2.45) is 52.3 Å². The maximum absolute atomic E-state index is 11.6. The minimum atomic E-state index is 0.162. The number of carbonyl (C=O) groups is 1. The molecular formula is C29H51NO. The zero-order valence-corrected chi connectivity index (χ0v) is 21.5. The molecule has 0 heterocycles. The van der Waals surface area contributed by atoms with E-state index in [0.717, 1.165) is 41.4 Å². The first-order valence-corrected chi connectivity index (χ1v) is 13.9. The van der Waals surface area contributed by atoms with Crippen molar-refractivity contribution in [2.45, 2.75) is 125 Å². The highest BCUT2D eigenvalue weighted by Gasteiger charge is 2.60. The fourth-order valence-electron chi connectivity index (χ4n) is 9.70. The van der Waals surface area contributed by atoms with Crippen molar-refractivity contribution in [3.63, 3.8) is 0 Å². The van der Waals surface area contributed by atoms with Gasteiger partial charge in [0.1, 0.15) is 0 Å². The van der Waals surface area contributed by atoms with Gasteiger partial charge < -0.3 is 5.32 Å². The number of rotatable bonds is 6. The second-order valence-corrected chi connectivity index (χ2v) is 13.4. The van der Waals surface area contributed by atoms with Gasteiger partial charge in [0.15, 0.2) is 0 Å². The van der Waals surface area contributed by atoms with E-state index in [1.807, 2.05) is 0 Å². The largest absolute Gasteiger partial charge is 0.354 e. The van der Waals surface area contributed by atoms with Crippen LogP contribution in [0.5, 0.6) is 0 Å². The second-order valence-electron chi connectivity index (χ2n) is 13.4. The molecule has 2 nitrogen and oxygen atoms in total. The first-order chi connectivity index (χ1) is 14.6. The molecule has 0 saturated heterocycles. The zero-order valence-electron chi connectivity index (χ0n) is 21.5. The van der Waals surface area contributed by atoms with E-state index in [1.54, 1.807) is 6.92 Å². The van der Waals surface area contributed by atoms with Crippen molar-refractivity contribution >= 4 is 5.91 Å². The SMILES string of the molecule is CC(=O)N[C@@H]1CC[C@@]2(C)C(CC[C@H]3[C@@H]4CC[C@H]([C@H](C)CCCC(C)C)[C@@]4(C)CC[C@@H]32)C1. The van der Waals surface area contributed by atoms with Gasteiger partial charge in [0.05, 0.1) is 0 Å². The van der Waals surface area contributed by atoms with Crippen LogP contribution in [0.15, 0.2) is 0 Å². The number of carbonyl (C=O) groups excluding carboxylic acids is 1. The first-order valence-electron chi connectivity index (χ1n) is 13.9. The van der Waals surface area contributed by atoms with Gasteiger partial charge in [0.25, 0.3) is 0 Å². The van der Waals surface area contributed by atoms with E-state index in [2.05, 4.69) is 39.9 Å². The Hall–Kier alpha value is -0.530. The minimum absolute atomic E-state index is 0.162. The second kappa shape index (κ2) is 9.02. The van der Waals surface area contributed by atoms with Crippen molar-refractivity contribution in [1.82, 2.24) is 5.32 Å². The van der Waals surface area contributed by atoms with Crippen molar-refractivity contribution in [1.29, 1.82) is 0 Å². The van der Waals surface area contributed by atoms with Crippen LogP contribution >= 0.6 is 0 Å². The highest BCUT2D eigenvalue weighted by molar-refractivity contribution is 5.73. The number of nitrogens with one attached hydrogen (secondary N) is 1. The Bertz CT molecular complexity index is 643. The molecule has 0 aromatic carbocycles. The van der Waals surface area contributed by atoms with Gasteiger partial charge >= 0.3 is 0 Å². The van der Waals surface area contributed by atoms with E-state index in [0.29, 0.717) is 16.9 Å². The summed E-state index contributed by atoms with van der Waals surface area (Å²) >= 11 is 0. The lowest BCUT2D eigenvalue weighted by molar-refractivity contribution is -0.126. The summed E-state index contributed by atoms with van der Waals surface area (Å²) in [5, 5.41) is 3.25. The Morgan fingerprint density at radius 3 is 2.32 bits per heavy atom. The van der Waals surface area contributed by atoms with Crippen LogP contribution in [-0.4, -0.2) is 11.9 Å². The van der Waals surface area contributed by atoms with E-state index < -0.39 is 0 Å². The van der Waals surface area contributed by atoms with Gasteiger partial charge in [0.2, 0.25) is 5.91 Å². The highest BCUT2D eigenvalue weighted by Crippen LogP contribution is 2.68. The number of hydrogen-bond acceptors (Lipinski definition) is 1. The fourth-order valence-corrected chi connectivity index (χ4v) is 9.70. The summed E-state index contributed by atoms with van der Waals surface area (Å²) in [5.74, 6) is 6.62. The highest BCUT2D eigenvalue weighted by atomic mass is 16.1. The van der Waals surface area contributed by atoms with Crippen LogP contribution in [0, 0.1) is 52.3 Å². The minimum Gasteiger partial charge on any atom is -0.354 e. The standard InChI is InChI=1S/C29H51NO/c1-19(2)8-7-9-20(3)25-12-13-26-24-11-10-22-18-23(30-21(4)31)14-16-28(22,5)27(24)15-17-29(25,26)6/h19-20,22-27H,7-18H2,1-6H3,(H,30,31)/t20-,22?,23-,24+,25-,26+,27+,28+,29-/m1/s1. The Morgan fingerprint density at radius 2 is 1.61 bits per heavy atom. The molecule has 9 atom stereocenters. The van der Waals surface area contributed by atoms with Crippen molar-refractivity contribution in [3.8, 4) is 0 Å². The molecule has 178 valence electrons. The molecule has 1 N–H and O–H groups in total. The molecule has 31 heavy (non-hydrogen) atoms. The van der Waals surface area contributed by atoms with Crippen LogP contribution < -0.4 is 5.32 Å². The van der Waals surface area contributed by atoms with E-state index in [1.165, 1.54) is 77.0 Å². The zero-order chi connectivity index (χ0) is 22.4. The van der Waals surface area contributed by atoms with Crippen LogP contribution in [0.25, 0.3) is 0 Å². The maximum atomic E-state index is 11.6. The Balaban J connectivity index is 1.43. The van der Waals surface area contributed by atoms with E-state index in [9.17, 15) is 4.79 Å². The summed E-state index contributed by atoms with van der Waals surface area (Å²) in [7, 11) is 0. The Morgan fingerprint density at radius 1 is 0.903 bits per heavy atom. The van der Waals surface area contributed by atoms with Crippen LogP contribution in [0.3, 0.4) is 0 Å². The summed E-state index contributed by atoms with van der Waals surface area (Å²) in [5.41, 5.74) is 1.13. The van der Waals surface area contributed by atoms with E-state index in [-0.39, 0.29) is 5.91 Å². The summed E-state index contributed by atoms with van der Waals surface area (Å²) in [6, 6.07) is 0.434. The lowest BCUT2D eigenvalue weighted by Crippen LogP contribution is -2.55. The normalized spacial score (nSPS) is 45.5. The van der Waals surface area contributed by atoms with Crippen molar-refractivity contribution in [2.75, 3.05) is 0 Å². The first kappa shape index (κ1) is 23.6. The molecule has 1 amide bonds. The fraction of sp³-hybridized carbons (Fsp3) is 0.966. The number of amides is 1. The van der Waals surface area contributed by atoms with Gasteiger partial charge in [0, 0.05) is 13.0 Å². The molecule has 4 fully saturated rings. The Labute approximate surface area is 193 Å². The molecule has 0 spiro atoms. The molecule has 2 heteroatoms. The molecule has 0 bridgehead atoms. The third-order valence-corrected chi connectivity index (χ3v) is 11.3. The molecule has 0 aromatic rings. The van der Waals surface area contributed by atoms with E-state index >= 15 is 0 Å². The molecular weight excluding hydrogens is 378 g/mol. The van der Waals surface area contributed by atoms with Crippen LogP contribution in [0.2, 0.25) is 0 Å². The predicted molar refractivity (Wildman–Crippen MR) is 131 cm³/mol. The smallest absolute Gasteiger partial charge is 0.217 e. The lowest BCUT2D eigenvalue weighted by atomic mass is 9.44. The molecule has 4 saturated carbocycles. The van der Waals surface area contributed by atoms with Gasteiger partial charge in [-0.05, 0) is 110 Å². The molecule has 4 aliphatic rings. The average Bonchev–Trinajstić information content (AvgIpc) is 3.05. The molecule has 1 unspecified atom stereocenters. The summed E-state index contributed by atoms with van der Waals surface area (Å²) in [6.07, 6.45) is 16.9. The predicted octanol–water partition coefficient (Wildman–Crippen LogP) is 7.61. The monoisotopic (exact) mass is 429 g/mol. The van der Waals surface area contributed by atoms with E-state index in [4.69, 9.17) is 0 Å². The van der Waals surface area contributed by atoms with Gasteiger partial charge in [-0.15, -0.1) is 0 Å². The molecule has 0 aliphatic heterocycles. The van der Waals surface area contributed by atoms with Gasteiger partial charge in [-0.25, -0.2) is 0 Å². The third kappa shape index (κ3) is 4.35. The van der Waals surface area contributed by atoms with Crippen LogP contribution in [0.4, 0.5) is 0 Å². The summed E-state index contributed by atoms with van der Waals surface area (Å²) < 4.78 is 0. The third-order valence-electron chi connectivity index (χ3n) is 11.3. The molecule has 0 radical (unpaired) electrons. The van der Waals surface area contributed by atoms with Crippen molar-refractivity contribution in [3.05, 3.63) is 0 Å². The summed E-state index contributed by atoms with van der Waals surface area (Å²) in [4.78, 5) is 11.6. The van der Waals surface area contributed by atoms with Gasteiger partial charge in [-0.1, -0.05) is 53.9 Å². The summed E-state index contributed by atoms with van der Waals surface area (Å²) in [6.45, 7) is 14.4. The van der Waals surface area contributed by atoms with Gasteiger partial charge in [-0.2, -0.15) is 0 Å². The van der Waals surface area contributed by atoms with Crippen LogP contribution in [-0.2, 0) is 4.79 Å². The maximum Gasteiger partial charge on any atom is 0.217 e. The number of hydrogen-bond donors (Lipinski definition) is 1. The Kier molecular flexibility index (Phi) is 6.87. The number of fused-ring (bicyclic) bond motifs is 5.